The van der Waals surface area contributed by atoms with Gasteiger partial charge in [-0.05, 0) is 51.0 Å². The van der Waals surface area contributed by atoms with Gasteiger partial charge in [0.2, 0.25) is 5.91 Å². The molecule has 2 fully saturated rings. The Bertz CT molecular complexity index is 333. The van der Waals surface area contributed by atoms with E-state index in [2.05, 4.69) is 18.7 Å². The highest BCUT2D eigenvalue weighted by Gasteiger charge is 2.39. The lowest BCUT2D eigenvalue weighted by atomic mass is 9.76. The normalized spacial score (nSPS) is 30.6. The largest absolute Gasteiger partial charge is 0.342 e. The fraction of sp³-hybridized carbons (Fsp3) is 0.938. The summed E-state index contributed by atoms with van der Waals surface area (Å²) in [4.78, 5) is 16.7. The molecule has 0 bridgehead atoms. The lowest BCUT2D eigenvalue weighted by molar-refractivity contribution is -0.133. The molecule has 2 aliphatic carbocycles. The molecule has 2 N–H and O–H groups in total. The van der Waals surface area contributed by atoms with Crippen LogP contribution in [0.2, 0.25) is 0 Å². The van der Waals surface area contributed by atoms with E-state index in [0.29, 0.717) is 19.1 Å². The lowest BCUT2D eigenvalue weighted by Gasteiger charge is -2.47. The molecule has 0 radical (unpaired) electrons. The molecule has 2 aliphatic rings. The Morgan fingerprint density at radius 2 is 1.85 bits per heavy atom. The SMILES string of the molecule is CCN(CC(=O)N(C)C1CC1)C1(CN)CCC(C)CC1. The molecule has 2 saturated carbocycles. The maximum atomic E-state index is 12.4. The maximum absolute atomic E-state index is 12.4. The molecule has 4 nitrogen and oxygen atoms in total. The van der Waals surface area contributed by atoms with Crippen LogP contribution < -0.4 is 5.73 Å². The third-order valence-corrected chi connectivity index (χ3v) is 5.45. The number of amides is 1. The molecule has 1 amide bonds. The molecule has 116 valence electrons. The second kappa shape index (κ2) is 6.44. The monoisotopic (exact) mass is 281 g/mol. The number of carbonyl (C=O) groups is 1. The predicted molar refractivity (Wildman–Crippen MR) is 82.5 cm³/mol. The smallest absolute Gasteiger partial charge is 0.236 e. The zero-order valence-corrected chi connectivity index (χ0v) is 13.4. The van der Waals surface area contributed by atoms with Crippen molar-refractivity contribution in [2.75, 3.05) is 26.7 Å². The third-order valence-electron chi connectivity index (χ3n) is 5.45. The number of rotatable bonds is 6. The van der Waals surface area contributed by atoms with Crippen molar-refractivity contribution < 1.29 is 4.79 Å². The summed E-state index contributed by atoms with van der Waals surface area (Å²) >= 11 is 0. The first kappa shape index (κ1) is 15.8. The van der Waals surface area contributed by atoms with Crippen molar-refractivity contribution in [1.29, 1.82) is 0 Å². The van der Waals surface area contributed by atoms with Crippen molar-refractivity contribution >= 4 is 5.91 Å². The Morgan fingerprint density at radius 3 is 2.30 bits per heavy atom. The topological polar surface area (TPSA) is 49.6 Å². The highest BCUT2D eigenvalue weighted by Crippen LogP contribution is 2.36. The van der Waals surface area contributed by atoms with Crippen LogP contribution in [-0.4, -0.2) is 54.0 Å². The van der Waals surface area contributed by atoms with Gasteiger partial charge in [-0.25, -0.2) is 0 Å². The molecule has 0 aromatic heterocycles. The third kappa shape index (κ3) is 3.34. The van der Waals surface area contributed by atoms with Crippen molar-refractivity contribution in [3.8, 4) is 0 Å². The van der Waals surface area contributed by atoms with E-state index >= 15 is 0 Å². The van der Waals surface area contributed by atoms with E-state index < -0.39 is 0 Å². The molecule has 2 rings (SSSR count). The molecule has 0 aromatic carbocycles. The van der Waals surface area contributed by atoms with Gasteiger partial charge in [-0.1, -0.05) is 13.8 Å². The quantitative estimate of drug-likeness (QED) is 0.808. The first-order valence-electron chi connectivity index (χ1n) is 8.23. The van der Waals surface area contributed by atoms with Crippen LogP contribution in [-0.2, 0) is 4.79 Å². The van der Waals surface area contributed by atoms with Gasteiger partial charge in [0.15, 0.2) is 0 Å². The minimum Gasteiger partial charge on any atom is -0.342 e. The Morgan fingerprint density at radius 1 is 1.25 bits per heavy atom. The lowest BCUT2D eigenvalue weighted by Crippen LogP contribution is -2.58. The molecule has 20 heavy (non-hydrogen) atoms. The average Bonchev–Trinajstić information content (AvgIpc) is 3.29. The second-order valence-corrected chi connectivity index (χ2v) is 6.86. The average molecular weight is 281 g/mol. The molecule has 0 unspecified atom stereocenters. The van der Waals surface area contributed by atoms with E-state index in [1.807, 2.05) is 11.9 Å². The zero-order valence-electron chi connectivity index (χ0n) is 13.4. The first-order chi connectivity index (χ1) is 9.52. The summed E-state index contributed by atoms with van der Waals surface area (Å²) < 4.78 is 0. The fourth-order valence-corrected chi connectivity index (χ4v) is 3.50. The Kier molecular flexibility index (Phi) is 5.08. The number of hydrogen-bond donors (Lipinski definition) is 1. The predicted octanol–water partition coefficient (Wildman–Crippen LogP) is 1.84. The summed E-state index contributed by atoms with van der Waals surface area (Å²) in [6, 6.07) is 0.501. The van der Waals surface area contributed by atoms with Gasteiger partial charge in [-0.2, -0.15) is 0 Å². The number of likely N-dealkylation sites (N-methyl/N-ethyl adjacent to an activating group) is 2. The summed E-state index contributed by atoms with van der Waals surface area (Å²) in [5, 5.41) is 0. The van der Waals surface area contributed by atoms with E-state index in [1.165, 1.54) is 25.7 Å². The van der Waals surface area contributed by atoms with Crippen LogP contribution in [0.5, 0.6) is 0 Å². The second-order valence-electron chi connectivity index (χ2n) is 6.86. The van der Waals surface area contributed by atoms with Crippen LogP contribution >= 0.6 is 0 Å². The van der Waals surface area contributed by atoms with Crippen LogP contribution in [0, 0.1) is 5.92 Å². The van der Waals surface area contributed by atoms with Gasteiger partial charge in [0.1, 0.15) is 0 Å². The summed E-state index contributed by atoms with van der Waals surface area (Å²) in [5.74, 6) is 1.07. The molecule has 0 atom stereocenters. The van der Waals surface area contributed by atoms with Crippen LogP contribution in [0.15, 0.2) is 0 Å². The molecular weight excluding hydrogens is 250 g/mol. The fourth-order valence-electron chi connectivity index (χ4n) is 3.50. The van der Waals surface area contributed by atoms with Gasteiger partial charge in [-0.15, -0.1) is 0 Å². The number of nitrogens with zero attached hydrogens (tertiary/aromatic N) is 2. The van der Waals surface area contributed by atoms with Gasteiger partial charge in [0, 0.05) is 25.2 Å². The van der Waals surface area contributed by atoms with Crippen LogP contribution in [0.1, 0.15) is 52.4 Å². The minimum atomic E-state index is 0.0569. The number of hydrogen-bond acceptors (Lipinski definition) is 3. The van der Waals surface area contributed by atoms with Crippen LogP contribution in [0.3, 0.4) is 0 Å². The Balaban J connectivity index is 1.99. The highest BCUT2D eigenvalue weighted by atomic mass is 16.2. The number of nitrogens with two attached hydrogens (primary N) is 1. The molecular formula is C16H31N3O. The van der Waals surface area contributed by atoms with Gasteiger partial charge in [0.05, 0.1) is 6.54 Å². The highest BCUT2D eigenvalue weighted by molar-refractivity contribution is 5.78. The van der Waals surface area contributed by atoms with Crippen molar-refractivity contribution in [2.45, 2.75) is 64.0 Å². The summed E-state index contributed by atoms with van der Waals surface area (Å²) in [7, 11) is 1.95. The summed E-state index contributed by atoms with van der Waals surface area (Å²) in [6.45, 7) is 6.60. The van der Waals surface area contributed by atoms with Crippen molar-refractivity contribution in [3.63, 3.8) is 0 Å². The standard InChI is InChI=1S/C16H31N3O/c1-4-19(11-15(20)18(3)14-5-6-14)16(12-17)9-7-13(2)8-10-16/h13-14H,4-12,17H2,1-3H3. The van der Waals surface area contributed by atoms with Gasteiger partial charge in [-0.3, -0.25) is 9.69 Å². The van der Waals surface area contributed by atoms with E-state index in [4.69, 9.17) is 5.73 Å². The molecule has 0 aromatic rings. The van der Waals surface area contributed by atoms with Crippen molar-refractivity contribution in [2.24, 2.45) is 11.7 Å². The van der Waals surface area contributed by atoms with Gasteiger partial charge < -0.3 is 10.6 Å². The Labute approximate surface area is 123 Å². The zero-order chi connectivity index (χ0) is 14.8. The number of carbonyl (C=O) groups excluding carboxylic acids is 1. The van der Waals surface area contributed by atoms with E-state index in [-0.39, 0.29) is 11.4 Å². The van der Waals surface area contributed by atoms with Crippen molar-refractivity contribution in [3.05, 3.63) is 0 Å². The molecule has 0 spiro atoms. The van der Waals surface area contributed by atoms with Crippen molar-refractivity contribution in [1.82, 2.24) is 9.80 Å². The van der Waals surface area contributed by atoms with E-state index in [9.17, 15) is 4.79 Å². The Hall–Kier alpha value is -0.610. The van der Waals surface area contributed by atoms with Gasteiger partial charge >= 0.3 is 0 Å². The van der Waals surface area contributed by atoms with E-state index in [1.54, 1.807) is 0 Å². The molecule has 0 aliphatic heterocycles. The van der Waals surface area contributed by atoms with Crippen LogP contribution in [0.25, 0.3) is 0 Å². The van der Waals surface area contributed by atoms with E-state index in [0.717, 1.165) is 25.3 Å². The maximum Gasteiger partial charge on any atom is 0.236 e. The van der Waals surface area contributed by atoms with Gasteiger partial charge in [0.25, 0.3) is 0 Å². The summed E-state index contributed by atoms with van der Waals surface area (Å²) in [6.07, 6.45) is 7.10. The summed E-state index contributed by atoms with van der Waals surface area (Å²) in [5.41, 5.74) is 6.17. The molecule has 4 heteroatoms. The van der Waals surface area contributed by atoms with Crippen LogP contribution in [0.4, 0.5) is 0 Å². The molecule has 0 saturated heterocycles. The first-order valence-corrected chi connectivity index (χ1v) is 8.23. The minimum absolute atomic E-state index is 0.0569. The molecule has 0 heterocycles.